The summed E-state index contributed by atoms with van der Waals surface area (Å²) in [6, 6.07) is 1.29. The molecule has 15 heavy (non-hydrogen) atoms. The first-order chi connectivity index (χ1) is 7.33. The topological polar surface area (TPSA) is 32.7 Å². The maximum atomic E-state index is 9.50. The van der Waals surface area contributed by atoms with Crippen LogP contribution in [-0.4, -0.2) is 48.5 Å². The fourth-order valence-corrected chi connectivity index (χ4v) is 3.40. The third-order valence-corrected chi connectivity index (χ3v) is 4.66. The van der Waals surface area contributed by atoms with E-state index in [1.54, 1.807) is 0 Å². The standard InChI is InChI=1S/C12H21NO2/c14-9-12(4-1-5-12)8-13-10-2-3-11(13)7-15-6-10/h10-11,14H,1-9H2. The number of fused-ring (bicyclic) bond motifs is 2. The van der Waals surface area contributed by atoms with Crippen LogP contribution in [0.25, 0.3) is 0 Å². The third-order valence-electron chi connectivity index (χ3n) is 4.66. The van der Waals surface area contributed by atoms with Crippen molar-refractivity contribution >= 4 is 0 Å². The first-order valence-electron chi connectivity index (χ1n) is 6.27. The Morgan fingerprint density at radius 2 is 1.87 bits per heavy atom. The summed E-state index contributed by atoms with van der Waals surface area (Å²) < 4.78 is 5.58. The van der Waals surface area contributed by atoms with Gasteiger partial charge in [-0.15, -0.1) is 0 Å². The summed E-state index contributed by atoms with van der Waals surface area (Å²) in [4.78, 5) is 2.62. The van der Waals surface area contributed by atoms with Crippen molar-refractivity contribution in [2.75, 3.05) is 26.4 Å². The molecule has 2 aliphatic heterocycles. The number of aliphatic hydroxyl groups is 1. The molecule has 1 N–H and O–H groups in total. The van der Waals surface area contributed by atoms with Gasteiger partial charge in [-0.3, -0.25) is 4.90 Å². The van der Waals surface area contributed by atoms with E-state index in [9.17, 15) is 5.11 Å². The van der Waals surface area contributed by atoms with Crippen LogP contribution in [0.4, 0.5) is 0 Å². The average Bonchev–Trinajstić information content (AvgIpc) is 2.45. The zero-order valence-electron chi connectivity index (χ0n) is 9.32. The highest BCUT2D eigenvalue weighted by Gasteiger charge is 2.44. The van der Waals surface area contributed by atoms with Crippen LogP contribution in [0.1, 0.15) is 32.1 Å². The molecular weight excluding hydrogens is 190 g/mol. The molecular formula is C12H21NO2. The van der Waals surface area contributed by atoms with Gasteiger partial charge in [-0.1, -0.05) is 6.42 Å². The Balaban J connectivity index is 1.67. The summed E-state index contributed by atoms with van der Waals surface area (Å²) in [6.45, 7) is 3.32. The Hall–Kier alpha value is -0.120. The maximum Gasteiger partial charge on any atom is 0.0622 e. The molecule has 0 amide bonds. The number of morpholine rings is 1. The van der Waals surface area contributed by atoms with Crippen LogP contribution in [-0.2, 0) is 4.74 Å². The van der Waals surface area contributed by atoms with Gasteiger partial charge < -0.3 is 9.84 Å². The number of aliphatic hydroxyl groups excluding tert-OH is 1. The first-order valence-corrected chi connectivity index (χ1v) is 6.27. The van der Waals surface area contributed by atoms with Crippen LogP contribution in [0.2, 0.25) is 0 Å². The molecule has 0 radical (unpaired) electrons. The molecule has 86 valence electrons. The molecule has 2 unspecified atom stereocenters. The average molecular weight is 211 g/mol. The molecule has 3 aliphatic rings. The normalized spacial score (nSPS) is 39.0. The lowest BCUT2D eigenvalue weighted by molar-refractivity contribution is -0.0637. The Labute approximate surface area is 91.4 Å². The van der Waals surface area contributed by atoms with Gasteiger partial charge in [0, 0.05) is 30.7 Å². The molecule has 0 aromatic rings. The van der Waals surface area contributed by atoms with E-state index in [2.05, 4.69) is 4.90 Å². The molecule has 1 aliphatic carbocycles. The van der Waals surface area contributed by atoms with Crippen molar-refractivity contribution in [3.8, 4) is 0 Å². The lowest BCUT2D eigenvalue weighted by atomic mass is 9.69. The van der Waals surface area contributed by atoms with Gasteiger partial charge in [0.25, 0.3) is 0 Å². The zero-order valence-corrected chi connectivity index (χ0v) is 9.32. The van der Waals surface area contributed by atoms with Gasteiger partial charge in [0.2, 0.25) is 0 Å². The van der Waals surface area contributed by atoms with Gasteiger partial charge in [-0.25, -0.2) is 0 Å². The van der Waals surface area contributed by atoms with Crippen molar-refractivity contribution in [3.05, 3.63) is 0 Å². The lowest BCUT2D eigenvalue weighted by Crippen LogP contribution is -2.53. The number of hydrogen-bond donors (Lipinski definition) is 1. The lowest BCUT2D eigenvalue weighted by Gasteiger charge is -2.47. The molecule has 3 fully saturated rings. The molecule has 0 spiro atoms. The zero-order chi connectivity index (χ0) is 10.3. The minimum Gasteiger partial charge on any atom is -0.396 e. The quantitative estimate of drug-likeness (QED) is 0.756. The molecule has 3 heteroatoms. The second kappa shape index (κ2) is 3.72. The largest absolute Gasteiger partial charge is 0.396 e. The van der Waals surface area contributed by atoms with Crippen LogP contribution in [0.5, 0.6) is 0 Å². The SMILES string of the molecule is OCC1(CN2C3CCC2COC3)CCC1. The summed E-state index contributed by atoms with van der Waals surface area (Å²) in [5, 5.41) is 9.50. The molecule has 3 nitrogen and oxygen atoms in total. The minimum atomic E-state index is 0.248. The summed E-state index contributed by atoms with van der Waals surface area (Å²) in [6.07, 6.45) is 6.35. The Kier molecular flexibility index (Phi) is 2.49. The molecule has 2 heterocycles. The maximum absolute atomic E-state index is 9.50. The molecule has 1 saturated carbocycles. The van der Waals surface area contributed by atoms with Crippen molar-refractivity contribution in [2.24, 2.45) is 5.41 Å². The number of rotatable bonds is 3. The van der Waals surface area contributed by atoms with Gasteiger partial charge in [-0.2, -0.15) is 0 Å². The molecule has 3 rings (SSSR count). The minimum absolute atomic E-state index is 0.248. The van der Waals surface area contributed by atoms with E-state index in [0.717, 1.165) is 19.8 Å². The van der Waals surface area contributed by atoms with Crippen molar-refractivity contribution < 1.29 is 9.84 Å². The monoisotopic (exact) mass is 211 g/mol. The third kappa shape index (κ3) is 1.61. The molecule has 0 aromatic carbocycles. The van der Waals surface area contributed by atoms with Gasteiger partial charge in [-0.05, 0) is 25.7 Å². The summed E-state index contributed by atoms with van der Waals surface area (Å²) in [5.41, 5.74) is 0.248. The van der Waals surface area contributed by atoms with Crippen molar-refractivity contribution in [1.82, 2.24) is 4.90 Å². The Morgan fingerprint density at radius 1 is 1.20 bits per heavy atom. The Morgan fingerprint density at radius 3 is 2.33 bits per heavy atom. The second-order valence-corrected chi connectivity index (χ2v) is 5.61. The highest BCUT2D eigenvalue weighted by atomic mass is 16.5. The van der Waals surface area contributed by atoms with Crippen molar-refractivity contribution in [3.63, 3.8) is 0 Å². The van der Waals surface area contributed by atoms with E-state index in [1.807, 2.05) is 0 Å². The van der Waals surface area contributed by atoms with Crippen molar-refractivity contribution in [2.45, 2.75) is 44.2 Å². The number of hydrogen-bond acceptors (Lipinski definition) is 3. The highest BCUT2D eigenvalue weighted by molar-refractivity contribution is 4.97. The van der Waals surface area contributed by atoms with Gasteiger partial charge in [0.1, 0.15) is 0 Å². The number of nitrogens with zero attached hydrogens (tertiary/aromatic N) is 1. The first kappa shape index (κ1) is 10.1. The predicted molar refractivity (Wildman–Crippen MR) is 57.7 cm³/mol. The van der Waals surface area contributed by atoms with E-state index < -0.39 is 0 Å². The smallest absolute Gasteiger partial charge is 0.0622 e. The van der Waals surface area contributed by atoms with Crippen LogP contribution >= 0.6 is 0 Å². The summed E-state index contributed by atoms with van der Waals surface area (Å²) in [7, 11) is 0. The summed E-state index contributed by atoms with van der Waals surface area (Å²) in [5.74, 6) is 0. The molecule has 2 bridgehead atoms. The number of ether oxygens (including phenoxy) is 1. The second-order valence-electron chi connectivity index (χ2n) is 5.61. The van der Waals surface area contributed by atoms with E-state index in [0.29, 0.717) is 18.7 Å². The fraction of sp³-hybridized carbons (Fsp3) is 1.00. The molecule has 0 aromatic heterocycles. The van der Waals surface area contributed by atoms with Gasteiger partial charge in [0.05, 0.1) is 13.2 Å². The highest BCUT2D eigenvalue weighted by Crippen LogP contribution is 2.43. The molecule has 2 saturated heterocycles. The van der Waals surface area contributed by atoms with Crippen LogP contribution in [0, 0.1) is 5.41 Å². The van der Waals surface area contributed by atoms with E-state index in [4.69, 9.17) is 4.74 Å². The molecule has 2 atom stereocenters. The van der Waals surface area contributed by atoms with Crippen LogP contribution < -0.4 is 0 Å². The van der Waals surface area contributed by atoms with Crippen LogP contribution in [0.15, 0.2) is 0 Å². The van der Waals surface area contributed by atoms with Gasteiger partial charge >= 0.3 is 0 Å². The summed E-state index contributed by atoms with van der Waals surface area (Å²) >= 11 is 0. The van der Waals surface area contributed by atoms with E-state index >= 15 is 0 Å². The van der Waals surface area contributed by atoms with Crippen molar-refractivity contribution in [1.29, 1.82) is 0 Å². The Bertz CT molecular complexity index is 218. The fourth-order valence-electron chi connectivity index (χ4n) is 3.40. The predicted octanol–water partition coefficient (Wildman–Crippen LogP) is 1.01. The van der Waals surface area contributed by atoms with Gasteiger partial charge in [0.15, 0.2) is 0 Å². The van der Waals surface area contributed by atoms with Crippen LogP contribution in [0.3, 0.4) is 0 Å². The van der Waals surface area contributed by atoms with E-state index in [1.165, 1.54) is 32.1 Å². The van der Waals surface area contributed by atoms with E-state index in [-0.39, 0.29) is 5.41 Å².